The fraction of sp³-hybridized carbons (Fsp3) is 0.444. The molecule has 0 radical (unpaired) electrons. The predicted octanol–water partition coefficient (Wildman–Crippen LogP) is 3.74. The van der Waals surface area contributed by atoms with E-state index in [4.69, 9.17) is 0 Å². The van der Waals surface area contributed by atoms with E-state index in [2.05, 4.69) is 20.9 Å². The number of hydrogen-bond donors (Lipinski definition) is 0. The minimum absolute atomic E-state index is 0.106. The number of pyridine rings is 1. The van der Waals surface area contributed by atoms with E-state index in [1.165, 1.54) is 6.20 Å². The van der Waals surface area contributed by atoms with Gasteiger partial charge in [0.05, 0.1) is 4.47 Å². The summed E-state index contributed by atoms with van der Waals surface area (Å²) in [5.74, 6) is 0.286. The fourth-order valence-electron chi connectivity index (χ4n) is 1.37. The van der Waals surface area contributed by atoms with Crippen LogP contribution in [0.3, 0.4) is 0 Å². The lowest BCUT2D eigenvalue weighted by Gasteiger charge is -2.10. The predicted molar refractivity (Wildman–Crippen MR) is 48.9 cm³/mol. The monoisotopic (exact) mass is 265 g/mol. The normalized spacial score (nSPS) is 17.1. The van der Waals surface area contributed by atoms with Gasteiger partial charge in [0.25, 0.3) is 0 Å². The summed E-state index contributed by atoms with van der Waals surface area (Å²) in [7, 11) is 0. The third-order valence-electron chi connectivity index (χ3n) is 2.20. The molecule has 0 unspecified atom stereocenters. The van der Waals surface area contributed by atoms with Crippen molar-refractivity contribution < 1.29 is 13.2 Å². The van der Waals surface area contributed by atoms with Gasteiger partial charge in [-0.25, -0.2) is 0 Å². The van der Waals surface area contributed by atoms with E-state index in [-0.39, 0.29) is 10.4 Å². The van der Waals surface area contributed by atoms with Crippen LogP contribution < -0.4 is 0 Å². The van der Waals surface area contributed by atoms with E-state index < -0.39 is 11.9 Å². The first-order chi connectivity index (χ1) is 6.50. The van der Waals surface area contributed by atoms with Gasteiger partial charge in [0.15, 0.2) is 5.69 Å². The van der Waals surface area contributed by atoms with Gasteiger partial charge in [0, 0.05) is 6.20 Å². The van der Waals surface area contributed by atoms with Crippen molar-refractivity contribution in [2.75, 3.05) is 0 Å². The highest BCUT2D eigenvalue weighted by Crippen LogP contribution is 2.45. The lowest BCUT2D eigenvalue weighted by molar-refractivity contribution is -0.141. The number of aromatic nitrogens is 1. The SMILES string of the molecule is FC(F)(F)c1nccc(C2CC2)c1Br. The molecule has 1 aromatic heterocycles. The first-order valence-corrected chi connectivity index (χ1v) is 5.01. The highest BCUT2D eigenvalue weighted by Gasteiger charge is 2.37. The van der Waals surface area contributed by atoms with E-state index in [1.54, 1.807) is 6.07 Å². The molecule has 0 bridgehead atoms. The van der Waals surface area contributed by atoms with Crippen LogP contribution in [0.25, 0.3) is 0 Å². The van der Waals surface area contributed by atoms with Gasteiger partial charge in [0.2, 0.25) is 0 Å². The molecule has 0 aromatic carbocycles. The molecule has 14 heavy (non-hydrogen) atoms. The Morgan fingerprint density at radius 1 is 1.36 bits per heavy atom. The van der Waals surface area contributed by atoms with Crippen LogP contribution in [0.4, 0.5) is 13.2 Å². The van der Waals surface area contributed by atoms with Crippen molar-refractivity contribution in [3.05, 3.63) is 28.0 Å². The molecule has 76 valence electrons. The van der Waals surface area contributed by atoms with Crippen molar-refractivity contribution >= 4 is 15.9 Å². The first kappa shape index (κ1) is 9.96. The Morgan fingerprint density at radius 2 is 2.00 bits per heavy atom. The molecule has 1 saturated carbocycles. The third kappa shape index (κ3) is 1.78. The number of halogens is 4. The Balaban J connectivity index is 2.46. The molecular formula is C9H7BrF3N. The van der Waals surface area contributed by atoms with Crippen LogP contribution in [0.1, 0.15) is 30.0 Å². The van der Waals surface area contributed by atoms with Gasteiger partial charge in [-0.3, -0.25) is 4.98 Å². The largest absolute Gasteiger partial charge is 0.434 e. The van der Waals surface area contributed by atoms with E-state index in [1.807, 2.05) is 0 Å². The highest BCUT2D eigenvalue weighted by molar-refractivity contribution is 9.10. The molecule has 1 aliphatic rings. The maximum Gasteiger partial charge on any atom is 0.434 e. The molecular weight excluding hydrogens is 259 g/mol. The molecule has 2 rings (SSSR count). The molecule has 0 amide bonds. The Labute approximate surface area is 87.5 Å². The Morgan fingerprint density at radius 3 is 2.50 bits per heavy atom. The Bertz CT molecular complexity index is 358. The van der Waals surface area contributed by atoms with Gasteiger partial charge >= 0.3 is 6.18 Å². The molecule has 1 nitrogen and oxygen atoms in total. The maximum atomic E-state index is 12.4. The first-order valence-electron chi connectivity index (χ1n) is 4.21. The van der Waals surface area contributed by atoms with E-state index in [0.29, 0.717) is 0 Å². The number of nitrogens with zero attached hydrogens (tertiary/aromatic N) is 1. The van der Waals surface area contributed by atoms with Crippen molar-refractivity contribution in [1.29, 1.82) is 0 Å². The smallest absolute Gasteiger partial charge is 0.251 e. The summed E-state index contributed by atoms with van der Waals surface area (Å²) in [5.41, 5.74) is -0.0887. The van der Waals surface area contributed by atoms with Crippen molar-refractivity contribution in [2.24, 2.45) is 0 Å². The van der Waals surface area contributed by atoms with Gasteiger partial charge in [0.1, 0.15) is 0 Å². The standard InChI is InChI=1S/C9H7BrF3N/c10-7-6(5-1-2-5)3-4-14-8(7)9(11,12)13/h3-5H,1-2H2. The van der Waals surface area contributed by atoms with Gasteiger partial charge in [-0.05, 0) is 46.3 Å². The summed E-state index contributed by atoms with van der Waals surface area (Å²) in [4.78, 5) is 3.35. The Hall–Kier alpha value is -0.580. The van der Waals surface area contributed by atoms with Crippen LogP contribution in [-0.2, 0) is 6.18 Å². The van der Waals surface area contributed by atoms with Crippen LogP contribution >= 0.6 is 15.9 Å². The summed E-state index contributed by atoms with van der Waals surface area (Å²) in [5, 5.41) is 0. The molecule has 5 heteroatoms. The van der Waals surface area contributed by atoms with Gasteiger partial charge < -0.3 is 0 Å². The van der Waals surface area contributed by atoms with Crippen LogP contribution in [0.5, 0.6) is 0 Å². The zero-order valence-electron chi connectivity index (χ0n) is 7.11. The number of rotatable bonds is 1. The van der Waals surface area contributed by atoms with Crippen LogP contribution in [0.2, 0.25) is 0 Å². The second-order valence-corrected chi connectivity index (χ2v) is 4.13. The van der Waals surface area contributed by atoms with E-state index >= 15 is 0 Å². The second-order valence-electron chi connectivity index (χ2n) is 3.33. The quantitative estimate of drug-likeness (QED) is 0.754. The molecule has 0 aliphatic heterocycles. The zero-order chi connectivity index (χ0) is 10.3. The van der Waals surface area contributed by atoms with Crippen LogP contribution in [0, 0.1) is 0 Å². The van der Waals surface area contributed by atoms with Crippen LogP contribution in [-0.4, -0.2) is 4.98 Å². The summed E-state index contributed by atoms with van der Waals surface area (Å²) < 4.78 is 37.4. The molecule has 1 aromatic rings. The van der Waals surface area contributed by atoms with Crippen molar-refractivity contribution in [3.63, 3.8) is 0 Å². The third-order valence-corrected chi connectivity index (χ3v) is 3.04. The molecule has 1 fully saturated rings. The summed E-state index contributed by atoms with van der Waals surface area (Å²) >= 11 is 2.98. The van der Waals surface area contributed by atoms with Crippen molar-refractivity contribution in [1.82, 2.24) is 4.98 Å². The second kappa shape index (κ2) is 3.22. The summed E-state index contributed by atoms with van der Waals surface area (Å²) in [6.07, 6.45) is -1.20. The number of hydrogen-bond acceptors (Lipinski definition) is 1. The van der Waals surface area contributed by atoms with Gasteiger partial charge in [-0.1, -0.05) is 0 Å². The van der Waals surface area contributed by atoms with Crippen molar-refractivity contribution in [3.8, 4) is 0 Å². The van der Waals surface area contributed by atoms with E-state index in [0.717, 1.165) is 18.4 Å². The lowest BCUT2D eigenvalue weighted by Crippen LogP contribution is -2.09. The summed E-state index contributed by atoms with van der Waals surface area (Å²) in [6.45, 7) is 0. The highest BCUT2D eigenvalue weighted by atomic mass is 79.9. The molecule has 1 aliphatic carbocycles. The molecule has 0 N–H and O–H groups in total. The Kier molecular flexibility index (Phi) is 2.29. The van der Waals surface area contributed by atoms with Crippen LogP contribution in [0.15, 0.2) is 16.7 Å². The minimum atomic E-state index is -4.37. The minimum Gasteiger partial charge on any atom is -0.251 e. The lowest BCUT2D eigenvalue weighted by atomic mass is 10.1. The number of alkyl halides is 3. The molecule has 0 saturated heterocycles. The molecule has 0 spiro atoms. The topological polar surface area (TPSA) is 12.9 Å². The van der Waals surface area contributed by atoms with E-state index in [9.17, 15) is 13.2 Å². The average Bonchev–Trinajstić information content (AvgIpc) is 2.85. The van der Waals surface area contributed by atoms with Gasteiger partial charge in [-0.15, -0.1) is 0 Å². The maximum absolute atomic E-state index is 12.4. The van der Waals surface area contributed by atoms with Gasteiger partial charge in [-0.2, -0.15) is 13.2 Å². The molecule has 0 atom stereocenters. The fourth-order valence-corrected chi connectivity index (χ4v) is 2.15. The summed E-state index contributed by atoms with van der Waals surface area (Å²) in [6, 6.07) is 1.65. The van der Waals surface area contributed by atoms with Crippen molar-refractivity contribution in [2.45, 2.75) is 24.9 Å². The average molecular weight is 266 g/mol. The zero-order valence-corrected chi connectivity index (χ0v) is 8.69. The molecule has 1 heterocycles.